The molecule has 0 radical (unpaired) electrons. The smallest absolute Gasteiger partial charge is 0.240 e. The average molecular weight is 312 g/mol. The van der Waals surface area contributed by atoms with Gasteiger partial charge in [0.05, 0.1) is 4.90 Å². The van der Waals surface area contributed by atoms with Gasteiger partial charge in [0.15, 0.2) is 0 Å². The zero-order valence-corrected chi connectivity index (χ0v) is 12.3. The highest BCUT2D eigenvalue weighted by atomic mass is 32.2. The van der Waals surface area contributed by atoms with Gasteiger partial charge in [-0.3, -0.25) is 4.79 Å². The molecule has 1 N–H and O–H groups in total. The van der Waals surface area contributed by atoms with Crippen molar-refractivity contribution >= 4 is 15.9 Å². The first-order chi connectivity index (χ1) is 9.95. The molecule has 21 heavy (non-hydrogen) atoms. The Kier molecular flexibility index (Phi) is 3.71. The third-order valence-corrected chi connectivity index (χ3v) is 5.41. The Hall–Kier alpha value is -1.47. The Balaban J connectivity index is 1.63. The third kappa shape index (κ3) is 3.24. The van der Waals surface area contributed by atoms with Gasteiger partial charge in [-0.05, 0) is 43.5 Å². The quantitative estimate of drug-likeness (QED) is 0.906. The second-order valence-corrected chi connectivity index (χ2v) is 7.33. The van der Waals surface area contributed by atoms with E-state index in [1.807, 2.05) is 0 Å². The van der Waals surface area contributed by atoms with Crippen LogP contribution in [0.2, 0.25) is 0 Å². The van der Waals surface area contributed by atoms with Gasteiger partial charge in [-0.2, -0.15) is 0 Å². The van der Waals surface area contributed by atoms with E-state index < -0.39 is 15.8 Å². The Bertz CT molecular complexity index is 641. The highest BCUT2D eigenvalue weighted by molar-refractivity contribution is 7.89. The number of nitrogens with zero attached hydrogens (tertiary/aromatic N) is 1. The summed E-state index contributed by atoms with van der Waals surface area (Å²) in [5, 5.41) is 0. The maximum atomic E-state index is 12.8. The average Bonchev–Trinajstić information content (AvgIpc) is 3.19. The fourth-order valence-electron chi connectivity index (χ4n) is 2.55. The van der Waals surface area contributed by atoms with E-state index in [1.54, 1.807) is 4.90 Å². The minimum absolute atomic E-state index is 0.0378. The van der Waals surface area contributed by atoms with E-state index in [2.05, 4.69) is 4.72 Å². The van der Waals surface area contributed by atoms with Crippen LogP contribution in [0.15, 0.2) is 29.2 Å². The van der Waals surface area contributed by atoms with Gasteiger partial charge < -0.3 is 4.90 Å². The van der Waals surface area contributed by atoms with E-state index in [4.69, 9.17) is 0 Å². The summed E-state index contributed by atoms with van der Waals surface area (Å²) in [6.45, 7) is 1.00. The van der Waals surface area contributed by atoms with Crippen LogP contribution < -0.4 is 4.72 Å². The van der Waals surface area contributed by atoms with Crippen LogP contribution in [0.25, 0.3) is 0 Å². The highest BCUT2D eigenvalue weighted by Crippen LogP contribution is 2.32. The lowest BCUT2D eigenvalue weighted by Gasteiger charge is -2.17. The molecule has 5 nitrogen and oxygen atoms in total. The van der Waals surface area contributed by atoms with Crippen LogP contribution in [0.1, 0.15) is 19.3 Å². The fraction of sp³-hybridized carbons (Fsp3) is 0.500. The summed E-state index contributed by atoms with van der Waals surface area (Å²) in [7, 11) is -3.67. The summed E-state index contributed by atoms with van der Waals surface area (Å²) >= 11 is 0. The van der Waals surface area contributed by atoms with Gasteiger partial charge in [0.25, 0.3) is 0 Å². The Morgan fingerprint density at radius 3 is 2.48 bits per heavy atom. The van der Waals surface area contributed by atoms with Crippen molar-refractivity contribution in [3.8, 4) is 0 Å². The molecule has 0 aromatic heterocycles. The maximum Gasteiger partial charge on any atom is 0.240 e. The summed E-state index contributed by atoms with van der Waals surface area (Å²) in [6.07, 6.45) is 2.50. The molecule has 3 rings (SSSR count). The number of hydrogen-bond acceptors (Lipinski definition) is 3. The van der Waals surface area contributed by atoms with E-state index in [9.17, 15) is 17.6 Å². The number of halogens is 1. The van der Waals surface area contributed by atoms with Crippen LogP contribution >= 0.6 is 0 Å². The molecule has 1 aromatic rings. The van der Waals surface area contributed by atoms with Crippen LogP contribution in [0, 0.1) is 11.7 Å². The molecule has 1 saturated heterocycles. The van der Waals surface area contributed by atoms with Crippen molar-refractivity contribution in [1.29, 1.82) is 0 Å². The molecule has 2 fully saturated rings. The van der Waals surface area contributed by atoms with Crippen LogP contribution in [0.5, 0.6) is 0 Å². The molecule has 1 atom stereocenters. The van der Waals surface area contributed by atoms with Gasteiger partial charge in [-0.15, -0.1) is 0 Å². The molecule has 2 aliphatic rings. The molecule has 114 valence electrons. The van der Waals surface area contributed by atoms with Crippen molar-refractivity contribution in [3.05, 3.63) is 30.1 Å². The molecule has 0 spiro atoms. The summed E-state index contributed by atoms with van der Waals surface area (Å²) in [5.74, 6) is -0.188. The Morgan fingerprint density at radius 1 is 1.19 bits per heavy atom. The van der Waals surface area contributed by atoms with Gasteiger partial charge in [0, 0.05) is 25.0 Å². The van der Waals surface area contributed by atoms with Crippen LogP contribution in [-0.2, 0) is 14.8 Å². The molecule has 1 heterocycles. The molecule has 1 aliphatic heterocycles. The van der Waals surface area contributed by atoms with Crippen molar-refractivity contribution in [2.24, 2.45) is 5.92 Å². The van der Waals surface area contributed by atoms with E-state index in [-0.39, 0.29) is 22.8 Å². The lowest BCUT2D eigenvalue weighted by atomic mass is 10.3. The minimum Gasteiger partial charge on any atom is -0.341 e. The van der Waals surface area contributed by atoms with Crippen molar-refractivity contribution in [1.82, 2.24) is 9.62 Å². The first-order valence-electron chi connectivity index (χ1n) is 7.02. The van der Waals surface area contributed by atoms with Gasteiger partial charge in [-0.1, -0.05) is 0 Å². The van der Waals surface area contributed by atoms with Crippen LogP contribution in [-0.4, -0.2) is 38.4 Å². The molecule has 0 bridgehead atoms. The van der Waals surface area contributed by atoms with Crippen molar-refractivity contribution in [2.45, 2.75) is 30.2 Å². The number of carbonyl (C=O) groups is 1. The summed E-state index contributed by atoms with van der Waals surface area (Å²) in [4.78, 5) is 13.7. The molecule has 1 unspecified atom stereocenters. The number of rotatable bonds is 4. The largest absolute Gasteiger partial charge is 0.341 e. The van der Waals surface area contributed by atoms with Crippen molar-refractivity contribution in [2.75, 3.05) is 13.1 Å². The van der Waals surface area contributed by atoms with E-state index >= 15 is 0 Å². The van der Waals surface area contributed by atoms with Crippen molar-refractivity contribution < 1.29 is 17.6 Å². The fourth-order valence-corrected chi connectivity index (χ4v) is 3.81. The lowest BCUT2D eigenvalue weighted by molar-refractivity contribution is -0.131. The number of carbonyl (C=O) groups excluding carboxylic acids is 1. The van der Waals surface area contributed by atoms with E-state index in [0.717, 1.165) is 25.0 Å². The molecular weight excluding hydrogens is 295 g/mol. The molecule has 1 aliphatic carbocycles. The highest BCUT2D eigenvalue weighted by Gasteiger charge is 2.37. The topological polar surface area (TPSA) is 66.5 Å². The number of likely N-dealkylation sites (tertiary alicyclic amines) is 1. The SMILES string of the molecule is O=C(C1CC1)N1CCC(NS(=O)(=O)c2ccc(F)cc2)C1. The second-order valence-electron chi connectivity index (χ2n) is 5.62. The van der Waals surface area contributed by atoms with Gasteiger partial charge in [0.2, 0.25) is 15.9 Å². The van der Waals surface area contributed by atoms with Gasteiger partial charge in [-0.25, -0.2) is 17.5 Å². The van der Waals surface area contributed by atoms with Crippen LogP contribution in [0.3, 0.4) is 0 Å². The number of sulfonamides is 1. The zero-order valence-electron chi connectivity index (χ0n) is 11.5. The second kappa shape index (κ2) is 5.38. The molecular formula is C14H17FN2O3S. The van der Waals surface area contributed by atoms with Crippen LogP contribution in [0.4, 0.5) is 4.39 Å². The summed E-state index contributed by atoms with van der Waals surface area (Å²) in [5.41, 5.74) is 0. The first-order valence-corrected chi connectivity index (χ1v) is 8.51. The number of hydrogen-bond donors (Lipinski definition) is 1. The number of amides is 1. The number of nitrogens with one attached hydrogen (secondary N) is 1. The minimum atomic E-state index is -3.67. The standard InChI is InChI=1S/C14H17FN2O3S/c15-11-3-5-13(6-4-11)21(19,20)16-12-7-8-17(9-12)14(18)10-1-2-10/h3-6,10,12,16H,1-2,7-9H2. The third-order valence-electron chi connectivity index (χ3n) is 3.87. The Labute approximate surface area is 123 Å². The maximum absolute atomic E-state index is 12.8. The Morgan fingerprint density at radius 2 is 1.86 bits per heavy atom. The van der Waals surface area contributed by atoms with E-state index in [1.165, 1.54) is 12.1 Å². The predicted molar refractivity (Wildman–Crippen MR) is 74.4 cm³/mol. The molecule has 1 amide bonds. The normalized spacial score (nSPS) is 22.5. The van der Waals surface area contributed by atoms with Crippen molar-refractivity contribution in [3.63, 3.8) is 0 Å². The molecule has 1 aromatic carbocycles. The van der Waals surface area contributed by atoms with E-state index in [0.29, 0.717) is 19.5 Å². The predicted octanol–water partition coefficient (Wildman–Crippen LogP) is 1.11. The number of benzene rings is 1. The first kappa shape index (κ1) is 14.5. The summed E-state index contributed by atoms with van der Waals surface area (Å²) < 4.78 is 39.8. The lowest BCUT2D eigenvalue weighted by Crippen LogP contribution is -2.38. The zero-order chi connectivity index (χ0) is 15.0. The van der Waals surface area contributed by atoms with Gasteiger partial charge >= 0.3 is 0 Å². The van der Waals surface area contributed by atoms with Gasteiger partial charge in [0.1, 0.15) is 5.82 Å². The summed E-state index contributed by atoms with van der Waals surface area (Å²) in [6, 6.07) is 4.43. The monoisotopic (exact) mass is 312 g/mol. The molecule has 1 saturated carbocycles. The molecule has 7 heteroatoms.